The summed E-state index contributed by atoms with van der Waals surface area (Å²) in [5, 5.41) is 11.3. The fraction of sp³-hybridized carbons (Fsp3) is 0.182. The van der Waals surface area contributed by atoms with Crippen molar-refractivity contribution < 1.29 is 9.84 Å². The van der Waals surface area contributed by atoms with Gasteiger partial charge in [-0.05, 0) is 23.1 Å². The van der Waals surface area contributed by atoms with Crippen LogP contribution in [0.4, 0.5) is 0 Å². The van der Waals surface area contributed by atoms with E-state index in [1.54, 1.807) is 23.6 Å². The molecule has 0 spiro atoms. The molecule has 0 aliphatic rings. The summed E-state index contributed by atoms with van der Waals surface area (Å²) in [6, 6.07) is 5.60. The van der Waals surface area contributed by atoms with Crippen LogP contribution in [0.15, 0.2) is 29.8 Å². The van der Waals surface area contributed by atoms with Gasteiger partial charge in [0.1, 0.15) is 11.6 Å². The highest BCUT2D eigenvalue weighted by atomic mass is 35.5. The monoisotopic (exact) mass is 255 g/mol. The summed E-state index contributed by atoms with van der Waals surface area (Å²) in [7, 11) is 0. The van der Waals surface area contributed by atoms with Gasteiger partial charge in [-0.3, -0.25) is 0 Å². The van der Waals surface area contributed by atoms with E-state index in [-0.39, 0.29) is 6.61 Å². The van der Waals surface area contributed by atoms with Crippen molar-refractivity contribution in [3.63, 3.8) is 0 Å². The molecule has 0 atom stereocenters. The smallest absolute Gasteiger partial charge is 0.232 e. The minimum atomic E-state index is -0.0715. The molecule has 2 rings (SSSR count). The minimum absolute atomic E-state index is 0.0715. The molecule has 0 amide bonds. The van der Waals surface area contributed by atoms with Crippen molar-refractivity contribution in [3.05, 3.63) is 45.2 Å². The first kappa shape index (κ1) is 11.4. The van der Waals surface area contributed by atoms with E-state index in [0.717, 1.165) is 4.88 Å². The first-order valence-electron chi connectivity index (χ1n) is 4.70. The summed E-state index contributed by atoms with van der Waals surface area (Å²) < 4.78 is 5.47. The van der Waals surface area contributed by atoms with Crippen LogP contribution in [0.25, 0.3) is 0 Å². The predicted octanol–water partition coefficient (Wildman–Crippen LogP) is 2.87. The van der Waals surface area contributed by atoms with Gasteiger partial charge in [0.15, 0.2) is 0 Å². The Kier molecular flexibility index (Phi) is 3.77. The Labute approximate surface area is 102 Å². The molecule has 16 heavy (non-hydrogen) atoms. The Bertz CT molecular complexity index is 459. The molecule has 0 aliphatic heterocycles. The van der Waals surface area contributed by atoms with Crippen molar-refractivity contribution in [2.24, 2.45) is 0 Å². The lowest BCUT2D eigenvalue weighted by atomic mass is 10.3. The van der Waals surface area contributed by atoms with Crippen LogP contribution in [0.5, 0.6) is 5.88 Å². The first-order chi connectivity index (χ1) is 7.79. The van der Waals surface area contributed by atoms with Gasteiger partial charge in [-0.15, -0.1) is 11.3 Å². The summed E-state index contributed by atoms with van der Waals surface area (Å²) in [6.45, 7) is 0.390. The predicted molar refractivity (Wildman–Crippen MR) is 63.8 cm³/mol. The highest BCUT2D eigenvalue weighted by molar-refractivity contribution is 7.09. The molecule has 0 aromatic carbocycles. The quantitative estimate of drug-likeness (QED) is 0.914. The van der Waals surface area contributed by atoms with Crippen LogP contribution >= 0.6 is 22.9 Å². The van der Waals surface area contributed by atoms with Crippen molar-refractivity contribution in [1.29, 1.82) is 0 Å². The van der Waals surface area contributed by atoms with Crippen LogP contribution < -0.4 is 4.74 Å². The molecule has 0 saturated heterocycles. The largest absolute Gasteiger partial charge is 0.471 e. The van der Waals surface area contributed by atoms with Gasteiger partial charge in [-0.25, -0.2) is 4.98 Å². The van der Waals surface area contributed by atoms with Crippen molar-refractivity contribution in [1.82, 2.24) is 4.98 Å². The third-order valence-electron chi connectivity index (χ3n) is 1.98. The van der Waals surface area contributed by atoms with Gasteiger partial charge in [0.05, 0.1) is 6.61 Å². The number of aliphatic hydroxyl groups is 1. The molecule has 3 nitrogen and oxygen atoms in total. The number of aromatic nitrogens is 1. The number of aliphatic hydroxyl groups excluding tert-OH is 1. The molecule has 2 heterocycles. The van der Waals surface area contributed by atoms with Crippen molar-refractivity contribution in [2.75, 3.05) is 0 Å². The third-order valence-corrected chi connectivity index (χ3v) is 3.10. The summed E-state index contributed by atoms with van der Waals surface area (Å²) in [6.07, 6.45) is 1.55. The highest BCUT2D eigenvalue weighted by Crippen LogP contribution is 2.23. The number of hydrogen-bond acceptors (Lipinski definition) is 4. The second-order valence-corrected chi connectivity index (χ2v) is 4.60. The van der Waals surface area contributed by atoms with Gasteiger partial charge in [0, 0.05) is 11.1 Å². The van der Waals surface area contributed by atoms with E-state index in [1.165, 1.54) is 0 Å². The summed E-state index contributed by atoms with van der Waals surface area (Å²) in [5.74, 6) is 0.396. The summed E-state index contributed by atoms with van der Waals surface area (Å²) >= 11 is 7.57. The lowest BCUT2D eigenvalue weighted by Crippen LogP contribution is -1.97. The fourth-order valence-corrected chi connectivity index (χ4v) is 2.05. The molecule has 2 aromatic rings. The zero-order valence-electron chi connectivity index (χ0n) is 8.39. The van der Waals surface area contributed by atoms with Crippen LogP contribution in [0.3, 0.4) is 0 Å². The number of pyridine rings is 1. The van der Waals surface area contributed by atoms with E-state index in [1.807, 2.05) is 17.5 Å². The van der Waals surface area contributed by atoms with Crippen LogP contribution in [-0.2, 0) is 13.2 Å². The molecule has 1 N–H and O–H groups in total. The van der Waals surface area contributed by atoms with Gasteiger partial charge in [0.25, 0.3) is 0 Å². The number of thiophene rings is 1. The van der Waals surface area contributed by atoms with Crippen molar-refractivity contribution in [3.8, 4) is 5.88 Å². The lowest BCUT2D eigenvalue weighted by Gasteiger charge is -2.06. The molecule has 2 aromatic heterocycles. The van der Waals surface area contributed by atoms with Gasteiger partial charge in [0.2, 0.25) is 5.88 Å². The van der Waals surface area contributed by atoms with Crippen molar-refractivity contribution in [2.45, 2.75) is 13.2 Å². The molecule has 84 valence electrons. The lowest BCUT2D eigenvalue weighted by molar-refractivity contribution is 0.278. The van der Waals surface area contributed by atoms with Crippen LogP contribution in [0.1, 0.15) is 10.4 Å². The second kappa shape index (κ2) is 5.30. The Morgan fingerprint density at radius 3 is 3.00 bits per heavy atom. The summed E-state index contributed by atoms with van der Waals surface area (Å²) in [4.78, 5) is 5.15. The van der Waals surface area contributed by atoms with Gasteiger partial charge >= 0.3 is 0 Å². The molecule has 0 saturated carbocycles. The molecule has 5 heteroatoms. The zero-order valence-corrected chi connectivity index (χ0v) is 9.96. The molecule has 0 aliphatic carbocycles. The Morgan fingerprint density at radius 1 is 1.50 bits per heavy atom. The molecule has 0 radical (unpaired) electrons. The maximum Gasteiger partial charge on any atom is 0.232 e. The molecule has 0 unspecified atom stereocenters. The van der Waals surface area contributed by atoms with E-state index in [0.29, 0.717) is 23.1 Å². The van der Waals surface area contributed by atoms with Gasteiger partial charge in [-0.2, -0.15) is 0 Å². The van der Waals surface area contributed by atoms with E-state index in [2.05, 4.69) is 4.98 Å². The van der Waals surface area contributed by atoms with E-state index >= 15 is 0 Å². The number of hydrogen-bond donors (Lipinski definition) is 1. The number of halogens is 1. The zero-order chi connectivity index (χ0) is 11.4. The molecule has 0 bridgehead atoms. The maximum atomic E-state index is 8.90. The normalized spacial score (nSPS) is 10.4. The Hall–Kier alpha value is -1.10. The average Bonchev–Trinajstić information content (AvgIpc) is 2.80. The Morgan fingerprint density at radius 2 is 2.38 bits per heavy atom. The van der Waals surface area contributed by atoms with Crippen LogP contribution in [-0.4, -0.2) is 10.1 Å². The highest BCUT2D eigenvalue weighted by Gasteiger charge is 2.05. The van der Waals surface area contributed by atoms with Crippen molar-refractivity contribution >= 4 is 22.9 Å². The number of nitrogens with zero attached hydrogens (tertiary/aromatic N) is 1. The number of rotatable bonds is 4. The third kappa shape index (κ3) is 2.72. The number of ether oxygens (including phenoxy) is 1. The topological polar surface area (TPSA) is 42.4 Å². The first-order valence-corrected chi connectivity index (χ1v) is 5.96. The van der Waals surface area contributed by atoms with Gasteiger partial charge in [-0.1, -0.05) is 17.7 Å². The van der Waals surface area contributed by atoms with Crippen LogP contribution in [0, 0.1) is 0 Å². The SMILES string of the molecule is OCc1cnc(OCc2cccs2)c(Cl)c1. The molecular weight excluding hydrogens is 246 g/mol. The second-order valence-electron chi connectivity index (χ2n) is 3.16. The fourth-order valence-electron chi connectivity index (χ4n) is 1.19. The van der Waals surface area contributed by atoms with Crippen LogP contribution in [0.2, 0.25) is 5.02 Å². The molecule has 0 fully saturated rings. The molecular formula is C11H10ClNO2S. The van der Waals surface area contributed by atoms with E-state index in [4.69, 9.17) is 21.4 Å². The average molecular weight is 256 g/mol. The Balaban J connectivity index is 2.04. The minimum Gasteiger partial charge on any atom is -0.471 e. The summed E-state index contributed by atoms with van der Waals surface area (Å²) in [5.41, 5.74) is 0.675. The maximum absolute atomic E-state index is 8.90. The van der Waals surface area contributed by atoms with E-state index < -0.39 is 0 Å². The van der Waals surface area contributed by atoms with Gasteiger partial charge < -0.3 is 9.84 Å². The standard InChI is InChI=1S/C11H10ClNO2S/c12-10-4-8(6-14)5-13-11(10)15-7-9-2-1-3-16-9/h1-5,14H,6-7H2. The van der Waals surface area contributed by atoms with E-state index in [9.17, 15) is 0 Å².